The highest BCUT2D eigenvalue weighted by molar-refractivity contribution is 5.58. The van der Waals surface area contributed by atoms with Crippen LogP contribution in [-0.2, 0) is 4.74 Å². The highest BCUT2D eigenvalue weighted by atomic mass is 19.1. The Labute approximate surface area is 81.7 Å². The summed E-state index contributed by atoms with van der Waals surface area (Å²) in [5, 5.41) is 8.84. The smallest absolute Gasteiger partial charge is 0.163 e. The van der Waals surface area contributed by atoms with Crippen LogP contribution in [0.4, 0.5) is 4.39 Å². The first-order chi connectivity index (χ1) is 6.81. The first-order valence-corrected chi connectivity index (χ1v) is 4.65. The van der Waals surface area contributed by atoms with Crippen molar-refractivity contribution in [3.63, 3.8) is 0 Å². The van der Waals surface area contributed by atoms with Gasteiger partial charge in [0.15, 0.2) is 6.23 Å². The molecular weight excluding hydrogens is 187 g/mol. The highest BCUT2D eigenvalue weighted by Crippen LogP contribution is 2.25. The number of rotatable bonds is 2. The molecule has 2 heterocycles. The van der Waals surface area contributed by atoms with Gasteiger partial charge in [0.05, 0.1) is 19.0 Å². The SMILES string of the molecule is OCC1CC(F)C(N2C=NC=CC2)O1. The Morgan fingerprint density at radius 1 is 1.64 bits per heavy atom. The maximum atomic E-state index is 13.4. The third-order valence-electron chi connectivity index (χ3n) is 2.38. The fourth-order valence-electron chi connectivity index (χ4n) is 1.68. The Kier molecular flexibility index (Phi) is 2.79. The van der Waals surface area contributed by atoms with Crippen LogP contribution in [0.15, 0.2) is 17.3 Å². The van der Waals surface area contributed by atoms with Crippen LogP contribution in [0.5, 0.6) is 0 Å². The lowest BCUT2D eigenvalue weighted by Gasteiger charge is -2.27. The van der Waals surface area contributed by atoms with Crippen molar-refractivity contribution in [1.82, 2.24) is 4.90 Å². The fraction of sp³-hybridized carbons (Fsp3) is 0.667. The topological polar surface area (TPSA) is 45.1 Å². The summed E-state index contributed by atoms with van der Waals surface area (Å²) < 4.78 is 18.8. The van der Waals surface area contributed by atoms with Gasteiger partial charge in [-0.1, -0.05) is 0 Å². The van der Waals surface area contributed by atoms with Crippen molar-refractivity contribution in [1.29, 1.82) is 0 Å². The van der Waals surface area contributed by atoms with Crippen LogP contribution in [0.2, 0.25) is 0 Å². The quantitative estimate of drug-likeness (QED) is 0.696. The van der Waals surface area contributed by atoms with E-state index < -0.39 is 12.4 Å². The predicted octanol–water partition coefficient (Wildman–Crippen LogP) is 0.289. The van der Waals surface area contributed by atoms with Crippen LogP contribution in [0.3, 0.4) is 0 Å². The molecule has 0 aromatic heterocycles. The summed E-state index contributed by atoms with van der Waals surface area (Å²) in [6.07, 6.45) is 3.30. The molecule has 78 valence electrons. The summed E-state index contributed by atoms with van der Waals surface area (Å²) in [7, 11) is 0. The van der Waals surface area contributed by atoms with Crippen LogP contribution in [-0.4, -0.2) is 48.0 Å². The molecule has 0 saturated carbocycles. The molecule has 2 rings (SSSR count). The third-order valence-corrected chi connectivity index (χ3v) is 2.38. The molecule has 14 heavy (non-hydrogen) atoms. The molecule has 0 bridgehead atoms. The van der Waals surface area contributed by atoms with Crippen molar-refractivity contribution in [2.24, 2.45) is 4.99 Å². The van der Waals surface area contributed by atoms with Gasteiger partial charge in [-0.2, -0.15) is 0 Å². The van der Waals surface area contributed by atoms with Crippen LogP contribution in [0, 0.1) is 0 Å². The summed E-state index contributed by atoms with van der Waals surface area (Å²) in [5.41, 5.74) is 0. The summed E-state index contributed by atoms with van der Waals surface area (Å²) in [5.74, 6) is 0. The minimum Gasteiger partial charge on any atom is -0.394 e. The van der Waals surface area contributed by atoms with E-state index in [2.05, 4.69) is 4.99 Å². The Morgan fingerprint density at radius 3 is 3.07 bits per heavy atom. The van der Waals surface area contributed by atoms with E-state index in [1.165, 1.54) is 0 Å². The van der Waals surface area contributed by atoms with Crippen molar-refractivity contribution in [3.8, 4) is 0 Å². The molecule has 0 aromatic carbocycles. The lowest BCUT2D eigenvalue weighted by atomic mass is 10.2. The molecule has 2 aliphatic rings. The van der Waals surface area contributed by atoms with Crippen molar-refractivity contribution in [2.45, 2.75) is 24.9 Å². The minimum absolute atomic E-state index is 0.127. The highest BCUT2D eigenvalue weighted by Gasteiger charge is 2.38. The number of aliphatic hydroxyl groups excluding tert-OH is 1. The number of ether oxygens (including phenoxy) is 1. The second kappa shape index (κ2) is 4.06. The fourth-order valence-corrected chi connectivity index (χ4v) is 1.68. The number of hydrogen-bond donors (Lipinski definition) is 1. The number of nitrogens with zero attached hydrogens (tertiary/aromatic N) is 2. The van der Waals surface area contributed by atoms with E-state index in [1.807, 2.05) is 6.08 Å². The second-order valence-corrected chi connectivity index (χ2v) is 3.43. The minimum atomic E-state index is -1.05. The summed E-state index contributed by atoms with van der Waals surface area (Å²) in [6.45, 7) is 0.477. The molecule has 0 aliphatic carbocycles. The molecule has 1 fully saturated rings. The monoisotopic (exact) mass is 200 g/mol. The van der Waals surface area contributed by atoms with E-state index >= 15 is 0 Å². The molecule has 3 atom stereocenters. The first kappa shape index (κ1) is 9.61. The summed E-state index contributed by atoms with van der Waals surface area (Å²) in [6, 6.07) is 0. The van der Waals surface area contributed by atoms with Gasteiger partial charge >= 0.3 is 0 Å². The number of alkyl halides is 1. The van der Waals surface area contributed by atoms with Crippen molar-refractivity contribution < 1.29 is 14.2 Å². The van der Waals surface area contributed by atoms with Gasteiger partial charge in [-0.15, -0.1) is 0 Å². The van der Waals surface area contributed by atoms with Crippen LogP contribution >= 0.6 is 0 Å². The summed E-state index contributed by atoms with van der Waals surface area (Å²) >= 11 is 0. The maximum Gasteiger partial charge on any atom is 0.163 e. The van der Waals surface area contributed by atoms with E-state index in [4.69, 9.17) is 9.84 Å². The molecule has 0 spiro atoms. The first-order valence-electron chi connectivity index (χ1n) is 4.65. The van der Waals surface area contributed by atoms with Crippen LogP contribution in [0.1, 0.15) is 6.42 Å². The Bertz CT molecular complexity index is 257. The van der Waals surface area contributed by atoms with Gasteiger partial charge in [0.25, 0.3) is 0 Å². The van der Waals surface area contributed by atoms with Crippen LogP contribution < -0.4 is 0 Å². The molecule has 0 radical (unpaired) electrons. The van der Waals surface area contributed by atoms with E-state index in [9.17, 15) is 4.39 Å². The van der Waals surface area contributed by atoms with Crippen LogP contribution in [0.25, 0.3) is 0 Å². The molecule has 2 aliphatic heterocycles. The predicted molar refractivity (Wildman–Crippen MR) is 49.6 cm³/mol. The molecule has 0 amide bonds. The van der Waals surface area contributed by atoms with Gasteiger partial charge in [0, 0.05) is 19.2 Å². The largest absolute Gasteiger partial charge is 0.394 e. The second-order valence-electron chi connectivity index (χ2n) is 3.43. The number of aliphatic imine (C=N–C) groups is 1. The molecule has 0 aromatic rings. The Balaban J connectivity index is 1.97. The van der Waals surface area contributed by atoms with E-state index in [0.29, 0.717) is 6.54 Å². The maximum absolute atomic E-state index is 13.4. The van der Waals surface area contributed by atoms with E-state index in [0.717, 1.165) is 0 Å². The lowest BCUT2D eigenvalue weighted by molar-refractivity contribution is -0.0528. The van der Waals surface area contributed by atoms with Gasteiger partial charge in [-0.3, -0.25) is 0 Å². The molecular formula is C9H13FN2O2. The van der Waals surface area contributed by atoms with Gasteiger partial charge in [-0.05, 0) is 6.08 Å². The van der Waals surface area contributed by atoms with Crippen molar-refractivity contribution in [2.75, 3.05) is 13.2 Å². The number of aliphatic hydroxyl groups is 1. The number of hydrogen-bond acceptors (Lipinski definition) is 4. The Morgan fingerprint density at radius 2 is 2.50 bits per heavy atom. The molecule has 1 saturated heterocycles. The van der Waals surface area contributed by atoms with Gasteiger partial charge in [0.1, 0.15) is 6.17 Å². The molecule has 5 heteroatoms. The van der Waals surface area contributed by atoms with Crippen molar-refractivity contribution in [3.05, 3.63) is 12.3 Å². The average Bonchev–Trinajstić information content (AvgIpc) is 2.61. The number of halogens is 1. The summed E-state index contributed by atoms with van der Waals surface area (Å²) in [4.78, 5) is 5.59. The van der Waals surface area contributed by atoms with E-state index in [1.54, 1.807) is 17.4 Å². The molecule has 1 N–H and O–H groups in total. The van der Waals surface area contributed by atoms with Crippen molar-refractivity contribution >= 4 is 6.34 Å². The van der Waals surface area contributed by atoms with Gasteiger partial charge < -0.3 is 14.7 Å². The molecule has 4 nitrogen and oxygen atoms in total. The van der Waals surface area contributed by atoms with Gasteiger partial charge in [-0.25, -0.2) is 9.38 Å². The van der Waals surface area contributed by atoms with Gasteiger partial charge in [0.2, 0.25) is 0 Å². The lowest BCUT2D eigenvalue weighted by Crippen LogP contribution is -2.40. The van der Waals surface area contributed by atoms with E-state index in [-0.39, 0.29) is 19.1 Å². The zero-order valence-electron chi connectivity index (χ0n) is 7.71. The Hall–Kier alpha value is -0.940. The zero-order chi connectivity index (χ0) is 9.97. The third kappa shape index (κ3) is 1.78. The molecule has 3 unspecified atom stereocenters. The average molecular weight is 200 g/mol. The standard InChI is InChI=1S/C9H13FN2O2/c10-8-4-7(5-13)14-9(8)12-3-1-2-11-6-12/h1-2,6-9,13H,3-5H2. The zero-order valence-corrected chi connectivity index (χ0v) is 7.71. The normalized spacial score (nSPS) is 36.7.